The number of carbonyl (C=O) groups is 1. The van der Waals surface area contributed by atoms with Gasteiger partial charge < -0.3 is 9.47 Å². The molecule has 1 atom stereocenters. The van der Waals surface area contributed by atoms with Crippen LogP contribution in [0.3, 0.4) is 0 Å². The normalized spacial score (nSPS) is 12.0. The van der Waals surface area contributed by atoms with Gasteiger partial charge in [0.2, 0.25) is 0 Å². The number of ether oxygens (including phenoxy) is 2. The molecule has 3 aromatic rings. The second kappa shape index (κ2) is 9.20. The number of esters is 1. The maximum Gasteiger partial charge on any atom is 0.319 e. The van der Waals surface area contributed by atoms with E-state index in [0.717, 1.165) is 9.37 Å². The molecule has 0 amide bonds. The highest BCUT2D eigenvalue weighted by Gasteiger charge is 2.21. The van der Waals surface area contributed by atoms with Crippen LogP contribution < -0.4 is 10.3 Å². The van der Waals surface area contributed by atoms with Gasteiger partial charge >= 0.3 is 5.97 Å². The number of fused-ring (bicyclic) bond motifs is 1. The van der Waals surface area contributed by atoms with E-state index in [0.29, 0.717) is 23.1 Å². The average Bonchev–Trinajstić information content (AvgIpc) is 2.72. The van der Waals surface area contributed by atoms with Crippen LogP contribution in [0.4, 0.5) is 0 Å². The molecule has 146 valence electrons. The molecule has 7 nitrogen and oxygen atoms in total. The Morgan fingerprint density at radius 1 is 1.21 bits per heavy atom. The van der Waals surface area contributed by atoms with Gasteiger partial charge in [0.25, 0.3) is 5.56 Å². The molecule has 1 heterocycles. The monoisotopic (exact) mass is 463 g/mol. The second-order valence-corrected chi connectivity index (χ2v) is 8.06. The Morgan fingerprint density at radius 3 is 2.64 bits per heavy atom. The maximum atomic E-state index is 12.7. The Kier molecular flexibility index (Phi) is 6.69. The Balaban J connectivity index is 1.78. The minimum absolute atomic E-state index is 0.247. The lowest BCUT2D eigenvalue weighted by atomic mass is 10.2. The van der Waals surface area contributed by atoms with Crippen molar-refractivity contribution in [3.8, 4) is 5.75 Å². The van der Waals surface area contributed by atoms with E-state index in [1.807, 2.05) is 24.3 Å². The molecule has 3 rings (SSSR count). The van der Waals surface area contributed by atoms with Crippen LogP contribution in [0.5, 0.6) is 5.75 Å². The van der Waals surface area contributed by atoms with Gasteiger partial charge in [0.1, 0.15) is 16.5 Å². The molecule has 1 aromatic heterocycles. The van der Waals surface area contributed by atoms with Gasteiger partial charge in [-0.1, -0.05) is 21.1 Å². The summed E-state index contributed by atoms with van der Waals surface area (Å²) in [7, 11) is 2.90. The van der Waals surface area contributed by atoms with Crippen molar-refractivity contribution in [2.45, 2.75) is 23.1 Å². The van der Waals surface area contributed by atoms with Gasteiger partial charge in [-0.25, -0.2) is 4.68 Å². The Bertz CT molecular complexity index is 1040. The standard InChI is InChI=1S/C19H18BrN3O4S/c1-26-13-5-8-15-16(11-13)21-22-23(18(15)24)10-9-17(19(25)27-2)28-14-6-3-12(20)4-7-14/h3-8,11,17H,9-10H2,1-2H3. The molecule has 0 N–H and O–H groups in total. The average molecular weight is 464 g/mol. The van der Waals surface area contributed by atoms with E-state index in [2.05, 4.69) is 26.2 Å². The van der Waals surface area contributed by atoms with Crippen molar-refractivity contribution in [1.29, 1.82) is 0 Å². The highest BCUT2D eigenvalue weighted by atomic mass is 79.9. The number of hydrogen-bond donors (Lipinski definition) is 0. The number of hydrogen-bond acceptors (Lipinski definition) is 7. The summed E-state index contributed by atoms with van der Waals surface area (Å²) in [6.45, 7) is 0.247. The number of thioether (sulfide) groups is 1. The number of nitrogens with zero attached hydrogens (tertiary/aromatic N) is 3. The molecule has 0 saturated heterocycles. The number of benzene rings is 2. The quantitative estimate of drug-likeness (QED) is 0.392. The number of carbonyl (C=O) groups excluding carboxylic acids is 1. The summed E-state index contributed by atoms with van der Waals surface area (Å²) in [6.07, 6.45) is 0.379. The first kappa shape index (κ1) is 20.3. The van der Waals surface area contributed by atoms with Gasteiger partial charge in [-0.3, -0.25) is 9.59 Å². The molecule has 9 heteroatoms. The lowest BCUT2D eigenvalue weighted by Crippen LogP contribution is -2.28. The first-order valence-corrected chi connectivity index (χ1v) is 10.1. The first-order valence-electron chi connectivity index (χ1n) is 8.43. The SMILES string of the molecule is COC(=O)C(CCn1nnc2cc(OC)ccc2c1=O)Sc1ccc(Br)cc1. The molecule has 0 aliphatic heterocycles. The molecule has 28 heavy (non-hydrogen) atoms. The van der Waals surface area contributed by atoms with Gasteiger partial charge in [0.15, 0.2) is 0 Å². The highest BCUT2D eigenvalue weighted by Crippen LogP contribution is 2.28. The van der Waals surface area contributed by atoms with E-state index in [4.69, 9.17) is 9.47 Å². The van der Waals surface area contributed by atoms with Gasteiger partial charge in [0.05, 0.1) is 19.6 Å². The third-order valence-electron chi connectivity index (χ3n) is 4.09. The molecule has 0 radical (unpaired) electrons. The summed E-state index contributed by atoms with van der Waals surface area (Å²) in [5.41, 5.74) is 0.208. The van der Waals surface area contributed by atoms with Crippen molar-refractivity contribution in [3.63, 3.8) is 0 Å². The molecule has 0 bridgehead atoms. The summed E-state index contributed by atoms with van der Waals surface area (Å²) in [4.78, 5) is 25.8. The topological polar surface area (TPSA) is 83.3 Å². The van der Waals surface area contributed by atoms with E-state index < -0.39 is 5.25 Å². The van der Waals surface area contributed by atoms with Crippen LogP contribution in [0.2, 0.25) is 0 Å². The summed E-state index contributed by atoms with van der Waals surface area (Å²) in [6, 6.07) is 12.7. The van der Waals surface area contributed by atoms with Crippen molar-refractivity contribution in [1.82, 2.24) is 15.0 Å². The fourth-order valence-electron chi connectivity index (χ4n) is 2.60. The number of aryl methyl sites for hydroxylation is 1. The van der Waals surface area contributed by atoms with Crippen LogP contribution >= 0.6 is 27.7 Å². The smallest absolute Gasteiger partial charge is 0.319 e. The van der Waals surface area contributed by atoms with Crippen LogP contribution in [0.25, 0.3) is 10.9 Å². The fraction of sp³-hybridized carbons (Fsp3) is 0.263. The van der Waals surface area contributed by atoms with Crippen molar-refractivity contribution < 1.29 is 14.3 Å². The van der Waals surface area contributed by atoms with Crippen LogP contribution in [-0.4, -0.2) is 40.4 Å². The molecule has 0 fully saturated rings. The summed E-state index contributed by atoms with van der Waals surface area (Å²) < 4.78 is 12.3. The van der Waals surface area contributed by atoms with Crippen LogP contribution in [0.1, 0.15) is 6.42 Å². The molecular weight excluding hydrogens is 446 g/mol. The molecule has 2 aromatic carbocycles. The molecule has 0 saturated carbocycles. The predicted molar refractivity (Wildman–Crippen MR) is 111 cm³/mol. The molecule has 0 aliphatic carbocycles. The predicted octanol–water partition coefficient (Wildman–Crippen LogP) is 3.29. The van der Waals surface area contributed by atoms with Crippen LogP contribution in [0.15, 0.2) is 56.6 Å². The van der Waals surface area contributed by atoms with Crippen molar-refractivity contribution >= 4 is 44.6 Å². The van der Waals surface area contributed by atoms with Gasteiger partial charge in [-0.05, 0) is 42.8 Å². The zero-order chi connectivity index (χ0) is 20.1. The highest BCUT2D eigenvalue weighted by molar-refractivity contribution is 9.10. The van der Waals surface area contributed by atoms with E-state index in [9.17, 15) is 9.59 Å². The fourth-order valence-corrected chi connectivity index (χ4v) is 3.91. The minimum Gasteiger partial charge on any atom is -0.497 e. The molecule has 1 unspecified atom stereocenters. The minimum atomic E-state index is -0.466. The van der Waals surface area contributed by atoms with Crippen molar-refractivity contribution in [2.24, 2.45) is 0 Å². The number of aromatic nitrogens is 3. The largest absolute Gasteiger partial charge is 0.497 e. The number of methoxy groups -OCH3 is 2. The van der Waals surface area contributed by atoms with Gasteiger partial charge in [-0.2, -0.15) is 0 Å². The first-order chi connectivity index (χ1) is 13.5. The Labute approximate surface area is 174 Å². The lowest BCUT2D eigenvalue weighted by molar-refractivity contribution is -0.140. The second-order valence-electron chi connectivity index (χ2n) is 5.87. The van der Waals surface area contributed by atoms with Gasteiger partial charge in [-0.15, -0.1) is 16.9 Å². The molecular formula is C19H18BrN3O4S. The maximum absolute atomic E-state index is 12.7. The third kappa shape index (κ3) is 4.71. The molecule has 0 spiro atoms. The number of halogens is 1. The zero-order valence-electron chi connectivity index (χ0n) is 15.3. The number of rotatable bonds is 7. The van der Waals surface area contributed by atoms with E-state index in [1.54, 1.807) is 25.3 Å². The van der Waals surface area contributed by atoms with E-state index in [-0.39, 0.29) is 18.1 Å². The summed E-state index contributed by atoms with van der Waals surface area (Å²) in [5, 5.41) is 8.06. The zero-order valence-corrected chi connectivity index (χ0v) is 17.7. The Morgan fingerprint density at radius 2 is 1.96 bits per heavy atom. The summed E-state index contributed by atoms with van der Waals surface area (Å²) in [5.74, 6) is 0.259. The Hall–Kier alpha value is -2.39. The van der Waals surface area contributed by atoms with E-state index in [1.165, 1.54) is 23.6 Å². The van der Waals surface area contributed by atoms with Crippen LogP contribution in [-0.2, 0) is 16.1 Å². The van der Waals surface area contributed by atoms with Crippen molar-refractivity contribution in [3.05, 3.63) is 57.3 Å². The third-order valence-corrected chi connectivity index (χ3v) is 5.87. The van der Waals surface area contributed by atoms with Crippen molar-refractivity contribution in [2.75, 3.05) is 14.2 Å². The van der Waals surface area contributed by atoms with Crippen LogP contribution in [0, 0.1) is 0 Å². The molecule has 0 aliphatic rings. The van der Waals surface area contributed by atoms with E-state index >= 15 is 0 Å². The van der Waals surface area contributed by atoms with Gasteiger partial charge in [0, 0.05) is 22.0 Å². The lowest BCUT2D eigenvalue weighted by Gasteiger charge is -2.14. The summed E-state index contributed by atoms with van der Waals surface area (Å²) >= 11 is 4.78.